The van der Waals surface area contributed by atoms with Crippen LogP contribution in [0, 0.1) is 5.82 Å². The molecule has 0 saturated heterocycles. The first-order valence-electron chi connectivity index (χ1n) is 11.2. The van der Waals surface area contributed by atoms with Crippen LogP contribution in [0.2, 0.25) is 5.02 Å². The molecule has 0 unspecified atom stereocenters. The number of benzene rings is 1. The molecule has 3 atom stereocenters. The highest BCUT2D eigenvalue weighted by Gasteiger charge is 2.35. The van der Waals surface area contributed by atoms with Crippen LogP contribution in [0.3, 0.4) is 0 Å². The van der Waals surface area contributed by atoms with Crippen LogP contribution in [0.15, 0.2) is 18.3 Å². The van der Waals surface area contributed by atoms with Gasteiger partial charge >= 0.3 is 0 Å². The van der Waals surface area contributed by atoms with Crippen LogP contribution < -0.4 is 10.2 Å². The summed E-state index contributed by atoms with van der Waals surface area (Å²) in [6, 6.07) is 3.40. The summed E-state index contributed by atoms with van der Waals surface area (Å²) < 4.78 is 17.2. The monoisotopic (exact) mass is 458 g/mol. The summed E-state index contributed by atoms with van der Waals surface area (Å²) in [5.41, 5.74) is 1.28. The molecule has 2 N–H and O–H groups in total. The lowest BCUT2D eigenvalue weighted by atomic mass is 9.82. The minimum atomic E-state index is -0.828. The molecule has 5 rings (SSSR count). The van der Waals surface area contributed by atoms with Gasteiger partial charge in [0.25, 0.3) is 0 Å². The van der Waals surface area contributed by atoms with Gasteiger partial charge in [-0.2, -0.15) is 0 Å². The Hall–Kier alpha value is -2.45. The summed E-state index contributed by atoms with van der Waals surface area (Å²) in [6.45, 7) is 4.85. The number of anilines is 2. The van der Waals surface area contributed by atoms with Crippen LogP contribution in [0.1, 0.15) is 52.0 Å². The molecule has 1 fully saturated rings. The molecular formula is C23H28ClFN6O. The Bertz CT molecular complexity index is 1180. The van der Waals surface area contributed by atoms with Crippen LogP contribution in [0.25, 0.3) is 22.3 Å². The molecule has 0 spiro atoms. The van der Waals surface area contributed by atoms with Crippen LogP contribution >= 0.6 is 11.6 Å². The lowest BCUT2D eigenvalue weighted by Crippen LogP contribution is -2.47. The normalized spacial score (nSPS) is 25.8. The van der Waals surface area contributed by atoms with Gasteiger partial charge in [0.1, 0.15) is 5.52 Å². The standard InChI is InChI=1S/C23H28ClFN6O/c1-13-7-9-30(3)22-29-20-16(25)10-14(11-17(20)31(13)22)19-15(24)12-26-21(28-19)27-18-6-4-5-8-23(18,2)32/h10-13,18,32H,4-9H2,1-3H3,(H,26,27,28)/t13-,18+,23+/m0/s1. The van der Waals surface area contributed by atoms with E-state index in [1.54, 1.807) is 0 Å². The maximum Gasteiger partial charge on any atom is 0.223 e. The Balaban J connectivity index is 1.57. The molecule has 32 heavy (non-hydrogen) atoms. The zero-order valence-electron chi connectivity index (χ0n) is 18.6. The van der Waals surface area contributed by atoms with E-state index in [4.69, 9.17) is 11.6 Å². The number of aromatic nitrogens is 4. The van der Waals surface area contributed by atoms with Crippen molar-refractivity contribution in [2.24, 2.45) is 0 Å². The first-order chi connectivity index (χ1) is 15.2. The lowest BCUT2D eigenvalue weighted by molar-refractivity contribution is 0.0103. The Labute approximate surface area is 191 Å². The van der Waals surface area contributed by atoms with Gasteiger partial charge in [0.15, 0.2) is 5.82 Å². The Morgan fingerprint density at radius 2 is 2.06 bits per heavy atom. The summed E-state index contributed by atoms with van der Waals surface area (Å²) >= 11 is 6.45. The second kappa shape index (κ2) is 7.85. The van der Waals surface area contributed by atoms with Crippen molar-refractivity contribution in [3.63, 3.8) is 0 Å². The highest BCUT2D eigenvalue weighted by molar-refractivity contribution is 6.33. The van der Waals surface area contributed by atoms with Gasteiger partial charge in [-0.25, -0.2) is 19.3 Å². The summed E-state index contributed by atoms with van der Waals surface area (Å²) in [5.74, 6) is 0.741. The van der Waals surface area contributed by atoms with Gasteiger partial charge in [-0.1, -0.05) is 24.4 Å². The van der Waals surface area contributed by atoms with Gasteiger partial charge < -0.3 is 19.9 Å². The van der Waals surface area contributed by atoms with E-state index in [1.807, 2.05) is 20.0 Å². The molecule has 1 aliphatic carbocycles. The summed E-state index contributed by atoms with van der Waals surface area (Å²) in [5, 5.41) is 14.3. The molecule has 9 heteroatoms. The van der Waals surface area contributed by atoms with Gasteiger partial charge in [-0.05, 0) is 45.2 Å². The topological polar surface area (TPSA) is 79.1 Å². The molecule has 3 aromatic rings. The van der Waals surface area contributed by atoms with Crippen LogP contribution in [0.5, 0.6) is 0 Å². The van der Waals surface area contributed by atoms with Crippen LogP contribution in [-0.4, -0.2) is 49.9 Å². The predicted molar refractivity (Wildman–Crippen MR) is 125 cm³/mol. The van der Waals surface area contributed by atoms with Crippen LogP contribution in [0.4, 0.5) is 16.3 Å². The minimum absolute atomic E-state index is 0.150. The number of nitrogens with zero attached hydrogens (tertiary/aromatic N) is 5. The smallest absolute Gasteiger partial charge is 0.223 e. The van der Waals surface area contributed by atoms with E-state index in [0.29, 0.717) is 27.7 Å². The Kier molecular flexibility index (Phi) is 5.25. The van der Waals surface area contributed by atoms with Crippen molar-refractivity contribution in [2.45, 2.75) is 63.6 Å². The summed E-state index contributed by atoms with van der Waals surface area (Å²) in [7, 11) is 1.97. The van der Waals surface area contributed by atoms with E-state index < -0.39 is 11.4 Å². The average Bonchev–Trinajstić information content (AvgIpc) is 3.15. The third kappa shape index (κ3) is 3.59. The average molecular weight is 459 g/mol. The molecule has 0 radical (unpaired) electrons. The number of imidazole rings is 1. The first kappa shape index (κ1) is 21.4. The van der Waals surface area contributed by atoms with Gasteiger partial charge in [-0.3, -0.25) is 0 Å². The second-order valence-electron chi connectivity index (χ2n) is 9.36. The molecule has 1 saturated carbocycles. The Morgan fingerprint density at radius 1 is 1.25 bits per heavy atom. The van der Waals surface area contributed by atoms with Gasteiger partial charge in [0.2, 0.25) is 11.9 Å². The third-order valence-corrected chi connectivity index (χ3v) is 7.17. The number of hydrogen-bond donors (Lipinski definition) is 2. The summed E-state index contributed by atoms with van der Waals surface area (Å²) in [4.78, 5) is 15.5. The van der Waals surface area contributed by atoms with Gasteiger partial charge in [-0.15, -0.1) is 0 Å². The largest absolute Gasteiger partial charge is 0.388 e. The van der Waals surface area contributed by atoms with E-state index in [-0.39, 0.29) is 12.1 Å². The van der Waals surface area contributed by atoms with Crippen molar-refractivity contribution in [1.82, 2.24) is 19.5 Å². The fraction of sp³-hybridized carbons (Fsp3) is 0.522. The highest BCUT2D eigenvalue weighted by atomic mass is 35.5. The molecule has 0 bridgehead atoms. The zero-order chi connectivity index (χ0) is 22.6. The van der Waals surface area contributed by atoms with Gasteiger partial charge in [0, 0.05) is 25.2 Å². The van der Waals surface area contributed by atoms with E-state index >= 15 is 4.39 Å². The second-order valence-corrected chi connectivity index (χ2v) is 9.76. The quantitative estimate of drug-likeness (QED) is 0.587. The fourth-order valence-electron chi connectivity index (χ4n) is 4.93. The van der Waals surface area contributed by atoms with Gasteiger partial charge in [0.05, 0.1) is 34.1 Å². The maximum absolute atomic E-state index is 15.2. The van der Waals surface area contributed by atoms with Crippen LogP contribution in [-0.2, 0) is 0 Å². The van der Waals surface area contributed by atoms with Crippen molar-refractivity contribution in [2.75, 3.05) is 23.8 Å². The molecule has 1 aromatic carbocycles. The molecule has 3 heterocycles. The van der Waals surface area contributed by atoms with Crippen molar-refractivity contribution in [3.8, 4) is 11.3 Å². The first-order valence-corrected chi connectivity index (χ1v) is 11.6. The number of rotatable bonds is 3. The number of aliphatic hydroxyl groups is 1. The van der Waals surface area contributed by atoms with Crippen molar-refractivity contribution < 1.29 is 9.50 Å². The molecule has 1 aliphatic heterocycles. The van der Waals surface area contributed by atoms with E-state index in [2.05, 4.69) is 36.7 Å². The number of fused-ring (bicyclic) bond motifs is 3. The number of halogens is 2. The third-order valence-electron chi connectivity index (χ3n) is 6.89. The number of hydrogen-bond acceptors (Lipinski definition) is 6. The molecular weight excluding hydrogens is 431 g/mol. The fourth-order valence-corrected chi connectivity index (χ4v) is 5.13. The number of nitrogens with one attached hydrogen (secondary N) is 1. The van der Waals surface area contributed by atoms with Crippen molar-refractivity contribution in [3.05, 3.63) is 29.2 Å². The molecule has 2 aliphatic rings. The SMILES string of the molecule is C[C@H]1CCN(C)c2nc3c(F)cc(-c4nc(N[C@@H]5CCCC[C@@]5(C)O)ncc4Cl)cc3n21. The predicted octanol–water partition coefficient (Wildman–Crippen LogP) is 4.79. The van der Waals surface area contributed by atoms with Crippen molar-refractivity contribution >= 4 is 34.5 Å². The van der Waals surface area contributed by atoms with E-state index in [1.165, 1.54) is 12.3 Å². The minimum Gasteiger partial charge on any atom is -0.388 e. The highest BCUT2D eigenvalue weighted by Crippen LogP contribution is 2.37. The zero-order valence-corrected chi connectivity index (χ0v) is 19.3. The Morgan fingerprint density at radius 3 is 2.84 bits per heavy atom. The molecule has 0 amide bonds. The molecule has 2 aromatic heterocycles. The summed E-state index contributed by atoms with van der Waals surface area (Å²) in [6.07, 6.45) is 6.09. The van der Waals surface area contributed by atoms with Crippen molar-refractivity contribution in [1.29, 1.82) is 0 Å². The maximum atomic E-state index is 15.2. The van der Waals surface area contributed by atoms with E-state index in [9.17, 15) is 5.11 Å². The van der Waals surface area contributed by atoms with E-state index in [0.717, 1.165) is 50.1 Å². The lowest BCUT2D eigenvalue weighted by Gasteiger charge is -2.37. The molecule has 170 valence electrons. The molecule has 7 nitrogen and oxygen atoms in total.